The van der Waals surface area contributed by atoms with Gasteiger partial charge in [0.2, 0.25) is 11.9 Å². The summed E-state index contributed by atoms with van der Waals surface area (Å²) < 4.78 is 25.7. The van der Waals surface area contributed by atoms with E-state index in [0.717, 1.165) is 37.8 Å². The van der Waals surface area contributed by atoms with Crippen molar-refractivity contribution in [3.63, 3.8) is 0 Å². The third-order valence-corrected chi connectivity index (χ3v) is 10.0. The van der Waals surface area contributed by atoms with Crippen LogP contribution in [0, 0.1) is 11.3 Å². The number of halogens is 1. The number of rotatable bonds is 6. The third-order valence-electron chi connectivity index (χ3n) is 8.96. The maximum absolute atomic E-state index is 14.3. The number of thiophene rings is 1. The molecular weight excluding hydrogens is 511 g/mol. The lowest BCUT2D eigenvalue weighted by atomic mass is 9.74. The summed E-state index contributed by atoms with van der Waals surface area (Å²) in [5, 5.41) is 23.6. The van der Waals surface area contributed by atoms with E-state index in [4.69, 9.17) is 15.2 Å². The number of aliphatic hydroxyl groups is 1. The summed E-state index contributed by atoms with van der Waals surface area (Å²) in [6.45, 7) is 3.44. The van der Waals surface area contributed by atoms with Crippen LogP contribution in [0.5, 0.6) is 6.01 Å². The van der Waals surface area contributed by atoms with Gasteiger partial charge in [0.05, 0.1) is 23.8 Å². The number of fused-ring (bicyclic) bond motifs is 3. The Morgan fingerprint density at radius 1 is 1.32 bits per heavy atom. The minimum absolute atomic E-state index is 0.130. The van der Waals surface area contributed by atoms with Crippen LogP contribution in [0.25, 0.3) is 0 Å². The molecule has 4 fully saturated rings. The van der Waals surface area contributed by atoms with Gasteiger partial charge in [-0.2, -0.15) is 20.2 Å². The third kappa shape index (κ3) is 3.80. The Hall–Kier alpha value is -2.79. The molecule has 202 valence electrons. The second-order valence-corrected chi connectivity index (χ2v) is 12.4. The Morgan fingerprint density at radius 3 is 2.97 bits per heavy atom. The number of anilines is 3. The number of nitrogen functional groups attached to an aromatic ring is 1. The molecule has 2 aromatic rings. The highest BCUT2D eigenvalue weighted by Crippen LogP contribution is 2.52. The normalized spacial score (nSPS) is 31.3. The van der Waals surface area contributed by atoms with Crippen molar-refractivity contribution in [3.8, 4) is 12.1 Å². The molecule has 11 nitrogen and oxygen atoms in total. The zero-order valence-corrected chi connectivity index (χ0v) is 21.8. The highest BCUT2D eigenvalue weighted by molar-refractivity contribution is 7.16. The van der Waals surface area contributed by atoms with Gasteiger partial charge in [-0.1, -0.05) is 0 Å². The first-order valence-corrected chi connectivity index (χ1v) is 14.1. The lowest BCUT2D eigenvalue weighted by Crippen LogP contribution is -2.59. The van der Waals surface area contributed by atoms with Crippen molar-refractivity contribution in [1.82, 2.24) is 19.9 Å². The van der Waals surface area contributed by atoms with Crippen LogP contribution in [0.1, 0.15) is 48.1 Å². The second kappa shape index (κ2) is 8.87. The molecule has 4 saturated heterocycles. The van der Waals surface area contributed by atoms with E-state index >= 15 is 0 Å². The first-order chi connectivity index (χ1) is 18.4. The molecule has 7 rings (SSSR count). The number of hydrogen-bond acceptors (Lipinski definition) is 12. The van der Waals surface area contributed by atoms with E-state index in [2.05, 4.69) is 36.1 Å². The van der Waals surface area contributed by atoms with Crippen molar-refractivity contribution in [3.05, 3.63) is 16.0 Å². The minimum Gasteiger partial charge on any atom is -0.461 e. The molecule has 0 amide bonds. The fourth-order valence-corrected chi connectivity index (χ4v) is 8.25. The van der Waals surface area contributed by atoms with Gasteiger partial charge < -0.3 is 30.5 Å². The Kier molecular flexibility index (Phi) is 5.67. The van der Waals surface area contributed by atoms with Crippen LogP contribution in [0.2, 0.25) is 0 Å². The average Bonchev–Trinajstić information content (AvgIpc) is 3.65. The van der Waals surface area contributed by atoms with Gasteiger partial charge in [-0.3, -0.25) is 4.90 Å². The Labute approximate surface area is 223 Å². The molecule has 2 aromatic heterocycles. The van der Waals surface area contributed by atoms with Crippen molar-refractivity contribution in [2.75, 3.05) is 55.3 Å². The maximum Gasteiger partial charge on any atom is 0.323 e. The molecule has 4 atom stereocenters. The van der Waals surface area contributed by atoms with Gasteiger partial charge in [0.1, 0.15) is 23.8 Å². The van der Waals surface area contributed by atoms with E-state index in [1.807, 2.05) is 0 Å². The fourth-order valence-electron chi connectivity index (χ4n) is 7.11. The van der Waals surface area contributed by atoms with Gasteiger partial charge >= 0.3 is 6.01 Å². The molecule has 0 radical (unpaired) electrons. The number of aromatic nitrogens is 3. The number of aliphatic hydroxyl groups excluding tert-OH is 1. The predicted molar refractivity (Wildman–Crippen MR) is 138 cm³/mol. The van der Waals surface area contributed by atoms with E-state index in [0.29, 0.717) is 68.2 Å². The van der Waals surface area contributed by atoms with Gasteiger partial charge in [-0.15, -0.1) is 11.3 Å². The predicted octanol–water partition coefficient (Wildman–Crippen LogP) is 1.57. The molecule has 1 aliphatic carbocycles. The number of nitrogens with two attached hydrogens (primary N) is 1. The summed E-state index contributed by atoms with van der Waals surface area (Å²) in [6.07, 6.45) is 3.11. The first-order valence-electron chi connectivity index (χ1n) is 13.3. The summed E-state index contributed by atoms with van der Waals surface area (Å²) in [7, 11) is 0. The zero-order valence-electron chi connectivity index (χ0n) is 21.0. The van der Waals surface area contributed by atoms with E-state index in [1.54, 1.807) is 0 Å². The van der Waals surface area contributed by atoms with Crippen molar-refractivity contribution in [2.45, 2.75) is 68.0 Å². The topological polar surface area (TPSA) is 146 Å². The Balaban J connectivity index is 1.14. The molecule has 0 unspecified atom stereocenters. The Bertz CT molecular complexity index is 1300. The van der Waals surface area contributed by atoms with Gasteiger partial charge in [-0.05, 0) is 44.2 Å². The number of ether oxygens (including phenoxy) is 2. The number of alkyl halides is 1. The van der Waals surface area contributed by atoms with Crippen molar-refractivity contribution in [1.29, 1.82) is 5.26 Å². The molecule has 0 saturated carbocycles. The zero-order chi connectivity index (χ0) is 26.1. The average molecular weight is 543 g/mol. The standard InChI is InChI=1S/C25H31FN8O3S/c26-14-8-25(4-1-6-34(25)10-14)13-37-23-31-21(29-16-3-7-36-20(16)35)30-22(32-23)33-11-24(12-33)5-2-17-18(24)15(9-27)19(28)38-17/h14,16,20,35H,1-8,10-13,28H2,(H,29,30,31,32)/t14-,16-,20+,25+/m1/s1. The SMILES string of the molecule is N#Cc1c(N)sc2c1C1(CC2)CN(c2nc(N[C@@H]3CCO[C@@H]3O)nc(OC[C@@]34CCCN3C[C@H](F)C4)n2)C1. The van der Waals surface area contributed by atoms with E-state index in [-0.39, 0.29) is 23.0 Å². The monoisotopic (exact) mass is 542 g/mol. The number of nitrogens with one attached hydrogen (secondary N) is 1. The molecule has 4 aliphatic heterocycles. The van der Waals surface area contributed by atoms with Gasteiger partial charge in [0.15, 0.2) is 6.29 Å². The van der Waals surface area contributed by atoms with Crippen LogP contribution < -0.4 is 20.7 Å². The summed E-state index contributed by atoms with van der Waals surface area (Å²) in [5.74, 6) is 0.780. The second-order valence-electron chi connectivity index (χ2n) is 11.3. The quantitative estimate of drug-likeness (QED) is 0.489. The van der Waals surface area contributed by atoms with Gasteiger partial charge in [0, 0.05) is 36.3 Å². The van der Waals surface area contributed by atoms with E-state index in [9.17, 15) is 14.8 Å². The highest BCUT2D eigenvalue weighted by Gasteiger charge is 2.52. The summed E-state index contributed by atoms with van der Waals surface area (Å²) >= 11 is 1.52. The number of aryl methyl sites for hydroxylation is 1. The summed E-state index contributed by atoms with van der Waals surface area (Å²) in [5.41, 5.74) is 7.39. The molecule has 0 bridgehead atoms. The van der Waals surface area contributed by atoms with E-state index < -0.39 is 12.5 Å². The molecule has 13 heteroatoms. The molecule has 0 aromatic carbocycles. The largest absolute Gasteiger partial charge is 0.461 e. The van der Waals surface area contributed by atoms with Crippen LogP contribution in [-0.4, -0.2) is 88.4 Å². The van der Waals surface area contributed by atoms with E-state index in [1.165, 1.54) is 16.2 Å². The van der Waals surface area contributed by atoms with Crippen LogP contribution in [0.3, 0.4) is 0 Å². The van der Waals surface area contributed by atoms with Crippen LogP contribution in [0.4, 0.5) is 21.3 Å². The van der Waals surface area contributed by atoms with Crippen LogP contribution in [-0.2, 0) is 16.6 Å². The summed E-state index contributed by atoms with van der Waals surface area (Å²) in [6, 6.07) is 2.15. The van der Waals surface area contributed by atoms with Gasteiger partial charge in [-0.25, -0.2) is 4.39 Å². The summed E-state index contributed by atoms with van der Waals surface area (Å²) in [4.78, 5) is 19.3. The number of hydrogen-bond donors (Lipinski definition) is 3. The van der Waals surface area contributed by atoms with Crippen molar-refractivity contribution in [2.24, 2.45) is 0 Å². The molecule has 5 aliphatic rings. The molecule has 38 heavy (non-hydrogen) atoms. The fraction of sp³-hybridized carbons (Fsp3) is 0.680. The Morgan fingerprint density at radius 2 is 2.18 bits per heavy atom. The molecule has 1 spiro atoms. The highest BCUT2D eigenvalue weighted by atomic mass is 32.1. The number of nitriles is 1. The van der Waals surface area contributed by atoms with Crippen LogP contribution >= 0.6 is 11.3 Å². The minimum atomic E-state index is -0.942. The van der Waals surface area contributed by atoms with Crippen molar-refractivity contribution >= 4 is 28.2 Å². The maximum atomic E-state index is 14.3. The van der Waals surface area contributed by atoms with Gasteiger partial charge in [0.25, 0.3) is 0 Å². The number of nitrogens with zero attached hydrogens (tertiary/aromatic N) is 6. The van der Waals surface area contributed by atoms with Crippen molar-refractivity contribution < 1.29 is 19.0 Å². The lowest BCUT2D eigenvalue weighted by Gasteiger charge is -2.48. The smallest absolute Gasteiger partial charge is 0.323 e. The molecule has 4 N–H and O–H groups in total. The first kappa shape index (κ1) is 24.3. The van der Waals surface area contributed by atoms with Crippen LogP contribution in [0.15, 0.2) is 0 Å². The molecular formula is C25H31FN8O3S. The molecule has 6 heterocycles. The lowest BCUT2D eigenvalue weighted by molar-refractivity contribution is -0.0636.